The molecule has 3 rings (SSSR count). The maximum absolute atomic E-state index is 3.78. The van der Waals surface area contributed by atoms with Crippen LogP contribution in [-0.4, -0.2) is 0 Å². The Morgan fingerprint density at radius 1 is 1.04 bits per heavy atom. The standard InChI is InChI=1S/C22H28.K/c1-17-13-21(4)12-11-20(3,15-19-9-7-6-8-10-19)16-22(21,5)14-18(17)2;/h6-9,12H,13-16H2,1-5H3;/q-2;+1/t20-,21+,22+;/m0./s1. The molecule has 1 aromatic rings. The van der Waals surface area contributed by atoms with E-state index in [0.29, 0.717) is 5.41 Å². The van der Waals surface area contributed by atoms with E-state index in [-0.39, 0.29) is 62.2 Å². The number of hydrogen-bond donors (Lipinski definition) is 0. The Bertz CT molecular complexity index is 627. The van der Waals surface area contributed by atoms with Crippen molar-refractivity contribution in [3.8, 4) is 0 Å². The average Bonchev–Trinajstić information content (AvgIpc) is 2.43. The molecule has 0 nitrogen and oxygen atoms in total. The summed E-state index contributed by atoms with van der Waals surface area (Å²) in [6, 6.07) is 11.8. The minimum Gasteiger partial charge on any atom is -0.494 e. The van der Waals surface area contributed by atoms with Gasteiger partial charge in [0.2, 0.25) is 0 Å². The first-order chi connectivity index (χ1) is 10.3. The second kappa shape index (κ2) is 6.92. The van der Waals surface area contributed by atoms with Crippen molar-refractivity contribution in [2.75, 3.05) is 0 Å². The van der Waals surface area contributed by atoms with Crippen molar-refractivity contribution in [1.29, 1.82) is 0 Å². The summed E-state index contributed by atoms with van der Waals surface area (Å²) in [6.45, 7) is 11.9. The Morgan fingerprint density at radius 3 is 2.39 bits per heavy atom. The van der Waals surface area contributed by atoms with E-state index in [0.717, 1.165) is 6.42 Å². The molecule has 2 aliphatic rings. The fraction of sp³-hybridized carbons (Fsp3) is 0.545. The predicted octanol–water partition coefficient (Wildman–Crippen LogP) is 2.95. The van der Waals surface area contributed by atoms with E-state index >= 15 is 0 Å². The molecule has 0 aromatic heterocycles. The summed E-state index contributed by atoms with van der Waals surface area (Å²) in [7, 11) is 0. The zero-order valence-electron chi connectivity index (χ0n) is 15.7. The maximum atomic E-state index is 3.78. The van der Waals surface area contributed by atoms with Crippen LogP contribution in [0.5, 0.6) is 0 Å². The van der Waals surface area contributed by atoms with Crippen LogP contribution in [0, 0.1) is 28.4 Å². The first kappa shape index (κ1) is 19.7. The van der Waals surface area contributed by atoms with Gasteiger partial charge in [0.05, 0.1) is 0 Å². The summed E-state index contributed by atoms with van der Waals surface area (Å²) in [5.41, 5.74) is 5.21. The molecule has 0 heterocycles. The molecule has 0 amide bonds. The third-order valence-electron chi connectivity index (χ3n) is 6.27. The van der Waals surface area contributed by atoms with Gasteiger partial charge in [-0.1, -0.05) is 44.8 Å². The van der Waals surface area contributed by atoms with E-state index in [9.17, 15) is 0 Å². The van der Waals surface area contributed by atoms with Gasteiger partial charge < -0.3 is 6.08 Å². The summed E-state index contributed by atoms with van der Waals surface area (Å²) < 4.78 is 0. The van der Waals surface area contributed by atoms with Crippen molar-refractivity contribution < 1.29 is 51.4 Å². The van der Waals surface area contributed by atoms with Crippen molar-refractivity contribution in [3.63, 3.8) is 0 Å². The first-order valence-corrected chi connectivity index (χ1v) is 8.48. The quantitative estimate of drug-likeness (QED) is 0.444. The predicted molar refractivity (Wildman–Crippen MR) is 93.3 cm³/mol. The number of allylic oxidation sites excluding steroid dienone is 4. The Morgan fingerprint density at radius 2 is 1.74 bits per heavy atom. The average molecular weight is 332 g/mol. The number of fused-ring (bicyclic) bond motifs is 1. The third-order valence-corrected chi connectivity index (χ3v) is 6.27. The van der Waals surface area contributed by atoms with Crippen molar-refractivity contribution >= 4 is 0 Å². The zero-order chi connectivity index (χ0) is 16.0. The number of benzene rings is 1. The maximum Gasteiger partial charge on any atom is 1.00 e. The first-order valence-electron chi connectivity index (χ1n) is 8.48. The molecule has 1 aromatic carbocycles. The van der Waals surface area contributed by atoms with Gasteiger partial charge in [-0.05, 0) is 37.5 Å². The Hall–Kier alpha value is 0.336. The van der Waals surface area contributed by atoms with Crippen LogP contribution < -0.4 is 51.4 Å². The molecule has 23 heavy (non-hydrogen) atoms. The summed E-state index contributed by atoms with van der Waals surface area (Å²) >= 11 is 0. The SMILES string of the molecule is CC1=C(C)C[C@@]2(C)C=[C-][C@@](C)(Cc3[c-]cccc3)C[C@@]2(C)C1.[K+]. The van der Waals surface area contributed by atoms with Crippen LogP contribution in [0.15, 0.2) is 41.5 Å². The third kappa shape index (κ3) is 3.80. The van der Waals surface area contributed by atoms with Crippen LogP contribution in [-0.2, 0) is 6.42 Å². The second-order valence-corrected chi connectivity index (χ2v) is 8.48. The Labute approximate surface area is 185 Å². The molecule has 0 saturated carbocycles. The minimum atomic E-state index is 0. The Balaban J connectivity index is 0.00000192. The molecule has 0 bridgehead atoms. The molecule has 3 atom stereocenters. The molecular weight excluding hydrogens is 303 g/mol. The second-order valence-electron chi connectivity index (χ2n) is 8.48. The van der Waals surface area contributed by atoms with Crippen LogP contribution in [0.25, 0.3) is 0 Å². The molecule has 0 radical (unpaired) electrons. The molecule has 0 aliphatic heterocycles. The van der Waals surface area contributed by atoms with E-state index < -0.39 is 0 Å². The molecule has 1 heteroatoms. The Kier molecular flexibility index (Phi) is 5.91. The molecule has 118 valence electrons. The van der Waals surface area contributed by atoms with Crippen LogP contribution >= 0.6 is 0 Å². The minimum absolute atomic E-state index is 0. The van der Waals surface area contributed by atoms with Crippen molar-refractivity contribution in [3.05, 3.63) is 59.2 Å². The largest absolute Gasteiger partial charge is 1.00 e. The molecule has 0 spiro atoms. The van der Waals surface area contributed by atoms with Crippen LogP contribution in [0.3, 0.4) is 0 Å². The van der Waals surface area contributed by atoms with E-state index in [4.69, 9.17) is 0 Å². The van der Waals surface area contributed by atoms with Gasteiger partial charge in [-0.25, -0.2) is 0 Å². The van der Waals surface area contributed by atoms with Gasteiger partial charge in [0.15, 0.2) is 0 Å². The van der Waals surface area contributed by atoms with E-state index in [1.807, 2.05) is 12.1 Å². The van der Waals surface area contributed by atoms with E-state index in [1.165, 1.54) is 24.8 Å². The number of hydrogen-bond acceptors (Lipinski definition) is 0. The summed E-state index contributed by atoms with van der Waals surface area (Å²) in [4.78, 5) is 0. The zero-order valence-corrected chi connectivity index (χ0v) is 18.8. The van der Waals surface area contributed by atoms with Crippen molar-refractivity contribution in [1.82, 2.24) is 0 Å². The van der Waals surface area contributed by atoms with Gasteiger partial charge in [-0.3, -0.25) is 6.08 Å². The normalized spacial score (nSPS) is 36.4. The van der Waals surface area contributed by atoms with Crippen LogP contribution in [0.1, 0.15) is 59.4 Å². The summed E-state index contributed by atoms with van der Waals surface area (Å²) in [6.07, 6.45) is 10.9. The monoisotopic (exact) mass is 331 g/mol. The fourth-order valence-electron chi connectivity index (χ4n) is 4.66. The smallest absolute Gasteiger partial charge is 0.494 e. The fourth-order valence-corrected chi connectivity index (χ4v) is 4.66. The molecule has 0 saturated heterocycles. The van der Waals surface area contributed by atoms with E-state index in [1.54, 1.807) is 11.1 Å². The van der Waals surface area contributed by atoms with Crippen LogP contribution in [0.2, 0.25) is 0 Å². The summed E-state index contributed by atoms with van der Waals surface area (Å²) in [5, 5.41) is 0. The molecular formula is C22H28K-. The molecule has 0 unspecified atom stereocenters. The molecule has 0 fully saturated rings. The number of rotatable bonds is 2. The van der Waals surface area contributed by atoms with Gasteiger partial charge in [0.1, 0.15) is 0 Å². The van der Waals surface area contributed by atoms with Gasteiger partial charge in [0, 0.05) is 0 Å². The van der Waals surface area contributed by atoms with Gasteiger partial charge in [-0.2, -0.15) is 41.3 Å². The van der Waals surface area contributed by atoms with Gasteiger partial charge in [-0.15, -0.1) is 0 Å². The van der Waals surface area contributed by atoms with Crippen molar-refractivity contribution in [2.24, 2.45) is 16.2 Å². The summed E-state index contributed by atoms with van der Waals surface area (Å²) in [5.74, 6) is 0. The molecule has 0 N–H and O–H groups in total. The topological polar surface area (TPSA) is 0 Å². The van der Waals surface area contributed by atoms with Gasteiger partial charge >= 0.3 is 51.4 Å². The van der Waals surface area contributed by atoms with Crippen molar-refractivity contribution in [2.45, 2.75) is 60.3 Å². The van der Waals surface area contributed by atoms with E-state index in [2.05, 4.69) is 65.0 Å². The van der Waals surface area contributed by atoms with Gasteiger partial charge in [0.25, 0.3) is 0 Å². The van der Waals surface area contributed by atoms with Crippen LogP contribution in [0.4, 0.5) is 0 Å². The molecule has 2 aliphatic carbocycles.